The number of amides is 2. The van der Waals surface area contributed by atoms with Crippen LogP contribution in [-0.4, -0.2) is 23.1 Å². The first-order valence-electron chi connectivity index (χ1n) is 7.16. The van der Waals surface area contributed by atoms with Crippen LogP contribution in [0.1, 0.15) is 48.9 Å². The summed E-state index contributed by atoms with van der Waals surface area (Å²) in [6.45, 7) is 0. The summed E-state index contributed by atoms with van der Waals surface area (Å²) >= 11 is 3.23. The maximum absolute atomic E-state index is 12.0. The number of aromatic carboxylic acids is 1. The Kier molecular flexibility index (Phi) is 5.61. The summed E-state index contributed by atoms with van der Waals surface area (Å²) in [6, 6.07) is 4.60. The Morgan fingerprint density at radius 1 is 1.14 bits per heavy atom. The van der Waals surface area contributed by atoms with Crippen molar-refractivity contribution in [3.63, 3.8) is 0 Å². The van der Waals surface area contributed by atoms with Crippen molar-refractivity contribution in [2.45, 2.75) is 44.6 Å². The fourth-order valence-electron chi connectivity index (χ4n) is 2.57. The van der Waals surface area contributed by atoms with Gasteiger partial charge in [-0.05, 0) is 31.0 Å². The third kappa shape index (κ3) is 4.74. The predicted octanol–water partition coefficient (Wildman–Crippen LogP) is 3.99. The fraction of sp³-hybridized carbons (Fsp3) is 0.467. The summed E-state index contributed by atoms with van der Waals surface area (Å²) in [5.74, 6) is -1.07. The van der Waals surface area contributed by atoms with Crippen LogP contribution >= 0.6 is 15.9 Å². The molecule has 0 radical (unpaired) electrons. The highest BCUT2D eigenvalue weighted by Gasteiger charge is 2.17. The SMILES string of the molecule is O=C(Nc1ccc(Br)cc1C(=O)O)NC1CCCCCC1. The molecule has 6 heteroatoms. The number of carbonyl (C=O) groups excluding carboxylic acids is 1. The van der Waals surface area contributed by atoms with Gasteiger partial charge in [0.15, 0.2) is 0 Å². The molecule has 21 heavy (non-hydrogen) atoms. The molecular weight excluding hydrogens is 336 g/mol. The van der Waals surface area contributed by atoms with Crippen LogP contribution in [0.15, 0.2) is 22.7 Å². The van der Waals surface area contributed by atoms with E-state index in [0.717, 1.165) is 25.7 Å². The molecule has 0 heterocycles. The van der Waals surface area contributed by atoms with Gasteiger partial charge in [-0.3, -0.25) is 0 Å². The third-order valence-corrected chi connectivity index (χ3v) is 4.14. The van der Waals surface area contributed by atoms with E-state index < -0.39 is 5.97 Å². The van der Waals surface area contributed by atoms with Gasteiger partial charge in [-0.1, -0.05) is 41.6 Å². The van der Waals surface area contributed by atoms with Crippen LogP contribution in [0, 0.1) is 0 Å². The van der Waals surface area contributed by atoms with Gasteiger partial charge in [0.1, 0.15) is 0 Å². The lowest BCUT2D eigenvalue weighted by atomic mass is 10.1. The van der Waals surface area contributed by atoms with Crippen LogP contribution < -0.4 is 10.6 Å². The Bertz CT molecular complexity index is 526. The van der Waals surface area contributed by atoms with E-state index in [2.05, 4.69) is 26.6 Å². The molecule has 0 atom stereocenters. The summed E-state index contributed by atoms with van der Waals surface area (Å²) in [4.78, 5) is 23.2. The van der Waals surface area contributed by atoms with E-state index in [4.69, 9.17) is 5.11 Å². The van der Waals surface area contributed by atoms with E-state index in [-0.39, 0.29) is 17.6 Å². The van der Waals surface area contributed by atoms with Crippen molar-refractivity contribution in [2.24, 2.45) is 0 Å². The molecule has 1 aliphatic carbocycles. The first-order valence-corrected chi connectivity index (χ1v) is 7.96. The number of nitrogens with one attached hydrogen (secondary N) is 2. The number of carboxylic acid groups (broad SMARTS) is 1. The Labute approximate surface area is 132 Å². The summed E-state index contributed by atoms with van der Waals surface area (Å²) < 4.78 is 0.662. The molecular formula is C15H19BrN2O3. The summed E-state index contributed by atoms with van der Waals surface area (Å²) in [7, 11) is 0. The standard InChI is InChI=1S/C15H19BrN2O3/c16-10-7-8-13(12(9-10)14(19)20)18-15(21)17-11-5-3-1-2-4-6-11/h7-9,11H,1-6H2,(H,19,20)(H2,17,18,21). The number of carbonyl (C=O) groups is 2. The Hall–Kier alpha value is -1.56. The second kappa shape index (κ2) is 7.45. The molecule has 2 amide bonds. The van der Waals surface area contributed by atoms with Crippen LogP contribution in [0.3, 0.4) is 0 Å². The number of anilines is 1. The largest absolute Gasteiger partial charge is 0.478 e. The number of carboxylic acids is 1. The Balaban J connectivity index is 2.00. The minimum Gasteiger partial charge on any atom is -0.478 e. The molecule has 0 spiro atoms. The fourth-order valence-corrected chi connectivity index (χ4v) is 2.93. The highest BCUT2D eigenvalue weighted by molar-refractivity contribution is 9.10. The second-order valence-electron chi connectivity index (χ2n) is 5.28. The first-order chi connectivity index (χ1) is 10.1. The maximum Gasteiger partial charge on any atom is 0.337 e. The zero-order valence-corrected chi connectivity index (χ0v) is 13.3. The van der Waals surface area contributed by atoms with Gasteiger partial charge < -0.3 is 15.7 Å². The van der Waals surface area contributed by atoms with E-state index in [0.29, 0.717) is 10.2 Å². The predicted molar refractivity (Wildman–Crippen MR) is 84.7 cm³/mol. The van der Waals surface area contributed by atoms with E-state index >= 15 is 0 Å². The van der Waals surface area contributed by atoms with E-state index in [1.165, 1.54) is 18.9 Å². The number of urea groups is 1. The van der Waals surface area contributed by atoms with Crippen molar-refractivity contribution in [3.05, 3.63) is 28.2 Å². The average molecular weight is 355 g/mol. The Morgan fingerprint density at radius 2 is 1.81 bits per heavy atom. The monoisotopic (exact) mass is 354 g/mol. The topological polar surface area (TPSA) is 78.4 Å². The van der Waals surface area contributed by atoms with Crippen molar-refractivity contribution in [1.82, 2.24) is 5.32 Å². The van der Waals surface area contributed by atoms with Crippen molar-refractivity contribution in [2.75, 3.05) is 5.32 Å². The van der Waals surface area contributed by atoms with Crippen molar-refractivity contribution in [1.29, 1.82) is 0 Å². The average Bonchev–Trinajstić information content (AvgIpc) is 2.69. The molecule has 0 bridgehead atoms. The molecule has 1 aromatic carbocycles. The molecule has 0 aliphatic heterocycles. The number of benzene rings is 1. The third-order valence-electron chi connectivity index (χ3n) is 3.65. The van der Waals surface area contributed by atoms with Crippen LogP contribution in [-0.2, 0) is 0 Å². The van der Waals surface area contributed by atoms with E-state index in [9.17, 15) is 9.59 Å². The van der Waals surface area contributed by atoms with Gasteiger partial charge in [0.25, 0.3) is 0 Å². The lowest BCUT2D eigenvalue weighted by Crippen LogP contribution is -2.37. The quantitative estimate of drug-likeness (QED) is 0.718. The van der Waals surface area contributed by atoms with Gasteiger partial charge in [-0.15, -0.1) is 0 Å². The maximum atomic E-state index is 12.0. The van der Waals surface area contributed by atoms with Gasteiger partial charge in [-0.25, -0.2) is 9.59 Å². The van der Waals surface area contributed by atoms with Gasteiger partial charge >= 0.3 is 12.0 Å². The van der Waals surface area contributed by atoms with Gasteiger partial charge in [0.05, 0.1) is 11.3 Å². The lowest BCUT2D eigenvalue weighted by molar-refractivity contribution is 0.0698. The highest BCUT2D eigenvalue weighted by atomic mass is 79.9. The highest BCUT2D eigenvalue weighted by Crippen LogP contribution is 2.22. The van der Waals surface area contributed by atoms with Crippen molar-refractivity contribution < 1.29 is 14.7 Å². The van der Waals surface area contributed by atoms with Crippen LogP contribution in [0.25, 0.3) is 0 Å². The van der Waals surface area contributed by atoms with E-state index in [1.807, 2.05) is 0 Å². The molecule has 1 aromatic rings. The van der Waals surface area contributed by atoms with Crippen molar-refractivity contribution in [3.8, 4) is 0 Å². The molecule has 1 aliphatic rings. The lowest BCUT2D eigenvalue weighted by Gasteiger charge is -2.17. The Morgan fingerprint density at radius 3 is 2.43 bits per heavy atom. The second-order valence-corrected chi connectivity index (χ2v) is 6.20. The first kappa shape index (κ1) is 15.8. The number of rotatable bonds is 3. The van der Waals surface area contributed by atoms with Gasteiger partial charge in [0.2, 0.25) is 0 Å². The van der Waals surface area contributed by atoms with Crippen LogP contribution in [0.5, 0.6) is 0 Å². The molecule has 0 unspecified atom stereocenters. The molecule has 3 N–H and O–H groups in total. The molecule has 0 aromatic heterocycles. The van der Waals surface area contributed by atoms with Crippen LogP contribution in [0.4, 0.5) is 10.5 Å². The molecule has 114 valence electrons. The molecule has 0 saturated heterocycles. The van der Waals surface area contributed by atoms with Gasteiger partial charge in [0, 0.05) is 10.5 Å². The van der Waals surface area contributed by atoms with Crippen LogP contribution in [0.2, 0.25) is 0 Å². The molecule has 5 nitrogen and oxygen atoms in total. The van der Waals surface area contributed by atoms with E-state index in [1.54, 1.807) is 12.1 Å². The number of hydrogen-bond acceptors (Lipinski definition) is 2. The van der Waals surface area contributed by atoms with Gasteiger partial charge in [-0.2, -0.15) is 0 Å². The molecule has 1 saturated carbocycles. The number of hydrogen-bond donors (Lipinski definition) is 3. The summed E-state index contributed by atoms with van der Waals surface area (Å²) in [6.07, 6.45) is 6.66. The minimum absolute atomic E-state index is 0.0698. The summed E-state index contributed by atoms with van der Waals surface area (Å²) in [5.41, 5.74) is 0.372. The number of halogens is 1. The zero-order chi connectivity index (χ0) is 15.2. The molecule has 2 rings (SSSR count). The zero-order valence-electron chi connectivity index (χ0n) is 11.7. The summed E-state index contributed by atoms with van der Waals surface area (Å²) in [5, 5.41) is 14.7. The smallest absolute Gasteiger partial charge is 0.337 e. The molecule has 1 fully saturated rings. The minimum atomic E-state index is -1.07. The van der Waals surface area contributed by atoms with Crippen molar-refractivity contribution >= 4 is 33.6 Å². The normalized spacial score (nSPS) is 16.0.